The summed E-state index contributed by atoms with van der Waals surface area (Å²) in [5.41, 5.74) is 5.40. The second kappa shape index (κ2) is 8.65. The van der Waals surface area contributed by atoms with Crippen molar-refractivity contribution in [3.8, 4) is 0 Å². The molecule has 18 heavy (non-hydrogen) atoms. The molecule has 0 saturated carbocycles. The molecule has 1 aromatic heterocycles. The van der Waals surface area contributed by atoms with Crippen molar-refractivity contribution in [2.75, 3.05) is 31.2 Å². The van der Waals surface area contributed by atoms with Crippen molar-refractivity contribution >= 4 is 23.6 Å². The van der Waals surface area contributed by atoms with E-state index in [2.05, 4.69) is 20.3 Å². The van der Waals surface area contributed by atoms with Crippen LogP contribution in [0.1, 0.15) is 13.3 Å². The van der Waals surface area contributed by atoms with Crippen molar-refractivity contribution < 1.29 is 9.53 Å². The number of anilines is 1. The van der Waals surface area contributed by atoms with Crippen LogP contribution in [0, 0.1) is 0 Å². The van der Waals surface area contributed by atoms with Gasteiger partial charge in [-0.05, 0) is 13.3 Å². The van der Waals surface area contributed by atoms with Gasteiger partial charge in [-0.15, -0.1) is 0 Å². The van der Waals surface area contributed by atoms with Crippen LogP contribution in [0.2, 0.25) is 0 Å². The Hall–Kier alpha value is -1.41. The lowest BCUT2D eigenvalue weighted by Crippen LogP contribution is -2.27. The second-order valence-electron chi connectivity index (χ2n) is 3.32. The summed E-state index contributed by atoms with van der Waals surface area (Å²) in [7, 11) is 0. The number of thioether (sulfide) groups is 1. The summed E-state index contributed by atoms with van der Waals surface area (Å²) in [4.78, 5) is 22.9. The molecule has 0 fully saturated rings. The Morgan fingerprint density at radius 1 is 1.56 bits per heavy atom. The molecule has 0 saturated heterocycles. The number of hydrogen-bond donors (Lipinski definition) is 2. The number of amides is 1. The lowest BCUT2D eigenvalue weighted by molar-refractivity contribution is -0.118. The SMILES string of the molecule is CCOCCCNC(=O)CSc1ncnc(N)n1. The van der Waals surface area contributed by atoms with E-state index >= 15 is 0 Å². The number of carbonyl (C=O) groups is 1. The summed E-state index contributed by atoms with van der Waals surface area (Å²) in [5.74, 6) is 0.359. The highest BCUT2D eigenvalue weighted by atomic mass is 32.2. The van der Waals surface area contributed by atoms with Gasteiger partial charge in [0.1, 0.15) is 6.33 Å². The number of rotatable bonds is 8. The van der Waals surface area contributed by atoms with Gasteiger partial charge in [0.25, 0.3) is 0 Å². The number of nitrogens with zero attached hydrogens (tertiary/aromatic N) is 3. The number of ether oxygens (including phenoxy) is 1. The van der Waals surface area contributed by atoms with Crippen molar-refractivity contribution in [2.24, 2.45) is 0 Å². The van der Waals surface area contributed by atoms with E-state index in [9.17, 15) is 4.79 Å². The van der Waals surface area contributed by atoms with Crippen molar-refractivity contribution in [1.29, 1.82) is 0 Å². The Morgan fingerprint density at radius 2 is 2.39 bits per heavy atom. The first-order valence-electron chi connectivity index (χ1n) is 5.64. The van der Waals surface area contributed by atoms with Crippen molar-refractivity contribution in [1.82, 2.24) is 20.3 Å². The van der Waals surface area contributed by atoms with E-state index in [1.807, 2.05) is 6.92 Å². The second-order valence-corrected chi connectivity index (χ2v) is 4.26. The molecule has 0 aliphatic carbocycles. The fourth-order valence-corrected chi connectivity index (χ4v) is 1.73. The molecule has 1 heterocycles. The van der Waals surface area contributed by atoms with E-state index in [0.717, 1.165) is 6.42 Å². The van der Waals surface area contributed by atoms with Crippen LogP contribution < -0.4 is 11.1 Å². The number of hydrogen-bond acceptors (Lipinski definition) is 7. The van der Waals surface area contributed by atoms with Crippen molar-refractivity contribution in [3.05, 3.63) is 6.33 Å². The fourth-order valence-electron chi connectivity index (χ4n) is 1.09. The van der Waals surface area contributed by atoms with E-state index in [1.54, 1.807) is 0 Å². The largest absolute Gasteiger partial charge is 0.382 e. The van der Waals surface area contributed by atoms with Gasteiger partial charge in [-0.1, -0.05) is 11.8 Å². The Balaban J connectivity index is 2.13. The molecule has 0 spiro atoms. The van der Waals surface area contributed by atoms with Gasteiger partial charge in [-0.3, -0.25) is 4.79 Å². The number of carbonyl (C=O) groups excluding carboxylic acids is 1. The summed E-state index contributed by atoms with van der Waals surface area (Å²) >= 11 is 1.23. The molecule has 0 aromatic carbocycles. The molecule has 7 nitrogen and oxygen atoms in total. The molecule has 0 atom stereocenters. The average molecular weight is 271 g/mol. The fraction of sp³-hybridized carbons (Fsp3) is 0.600. The highest BCUT2D eigenvalue weighted by Crippen LogP contribution is 2.11. The molecule has 0 unspecified atom stereocenters. The Morgan fingerprint density at radius 3 is 3.11 bits per heavy atom. The predicted octanol–water partition coefficient (Wildman–Crippen LogP) is 0.0887. The molecule has 1 amide bonds. The third-order valence-corrected chi connectivity index (χ3v) is 2.75. The van der Waals surface area contributed by atoms with Gasteiger partial charge in [0, 0.05) is 19.8 Å². The van der Waals surface area contributed by atoms with Gasteiger partial charge >= 0.3 is 0 Å². The molecule has 8 heteroatoms. The van der Waals surface area contributed by atoms with Crippen LogP contribution in [-0.4, -0.2) is 46.4 Å². The van der Waals surface area contributed by atoms with Crippen LogP contribution in [0.3, 0.4) is 0 Å². The average Bonchev–Trinajstić information content (AvgIpc) is 2.36. The van der Waals surface area contributed by atoms with Crippen LogP contribution in [-0.2, 0) is 9.53 Å². The minimum absolute atomic E-state index is 0.0597. The van der Waals surface area contributed by atoms with E-state index < -0.39 is 0 Å². The van der Waals surface area contributed by atoms with E-state index in [1.165, 1.54) is 18.1 Å². The highest BCUT2D eigenvalue weighted by Gasteiger charge is 2.04. The monoisotopic (exact) mass is 271 g/mol. The van der Waals surface area contributed by atoms with Gasteiger partial charge in [-0.25, -0.2) is 9.97 Å². The predicted molar refractivity (Wildman–Crippen MR) is 69.1 cm³/mol. The van der Waals surface area contributed by atoms with E-state index in [4.69, 9.17) is 10.5 Å². The summed E-state index contributed by atoms with van der Waals surface area (Å²) in [6.45, 7) is 3.91. The van der Waals surface area contributed by atoms with Crippen LogP contribution in [0.5, 0.6) is 0 Å². The maximum atomic E-state index is 11.5. The third kappa shape index (κ3) is 6.36. The van der Waals surface area contributed by atoms with Gasteiger partial charge in [-0.2, -0.15) is 4.98 Å². The summed E-state index contributed by atoms with van der Waals surface area (Å²) in [6.07, 6.45) is 2.13. The Bertz CT molecular complexity index is 377. The maximum absolute atomic E-state index is 11.5. The van der Waals surface area contributed by atoms with Crippen molar-refractivity contribution in [3.63, 3.8) is 0 Å². The first kappa shape index (κ1) is 14.7. The van der Waals surface area contributed by atoms with Crippen LogP contribution in [0.25, 0.3) is 0 Å². The van der Waals surface area contributed by atoms with E-state index in [0.29, 0.717) is 24.9 Å². The summed E-state index contributed by atoms with van der Waals surface area (Å²) in [5, 5.41) is 3.24. The molecule has 3 N–H and O–H groups in total. The minimum Gasteiger partial charge on any atom is -0.382 e. The highest BCUT2D eigenvalue weighted by molar-refractivity contribution is 7.99. The quantitative estimate of drug-likeness (QED) is 0.510. The molecule has 100 valence electrons. The topological polar surface area (TPSA) is 103 Å². The van der Waals surface area contributed by atoms with Gasteiger partial charge in [0.2, 0.25) is 11.9 Å². The van der Waals surface area contributed by atoms with Crippen LogP contribution in [0.4, 0.5) is 5.95 Å². The maximum Gasteiger partial charge on any atom is 0.230 e. The first-order valence-corrected chi connectivity index (χ1v) is 6.62. The molecule has 1 rings (SSSR count). The van der Waals surface area contributed by atoms with Gasteiger partial charge in [0.05, 0.1) is 5.75 Å². The minimum atomic E-state index is -0.0597. The lowest BCUT2D eigenvalue weighted by atomic mass is 10.4. The standard InChI is InChI=1S/C10H17N5O2S/c1-2-17-5-3-4-12-8(16)6-18-10-14-7-13-9(11)15-10/h7H,2-6H2,1H3,(H,12,16)(H2,11,13,14,15). The summed E-state index contributed by atoms with van der Waals surface area (Å²) in [6, 6.07) is 0. The molecule has 1 aromatic rings. The third-order valence-electron chi connectivity index (χ3n) is 1.89. The van der Waals surface area contributed by atoms with Crippen LogP contribution in [0.15, 0.2) is 11.5 Å². The zero-order chi connectivity index (χ0) is 13.2. The van der Waals surface area contributed by atoms with Gasteiger partial charge in [0.15, 0.2) is 5.16 Å². The van der Waals surface area contributed by atoms with Crippen LogP contribution >= 0.6 is 11.8 Å². The lowest BCUT2D eigenvalue weighted by Gasteiger charge is -2.04. The molecular weight excluding hydrogens is 254 g/mol. The molecule has 0 bridgehead atoms. The molecule has 0 radical (unpaired) electrons. The number of nitrogens with one attached hydrogen (secondary N) is 1. The first-order chi connectivity index (χ1) is 8.72. The zero-order valence-electron chi connectivity index (χ0n) is 10.3. The van der Waals surface area contributed by atoms with Crippen molar-refractivity contribution in [2.45, 2.75) is 18.5 Å². The number of nitrogens with two attached hydrogens (primary N) is 1. The molecular formula is C10H17N5O2S. The Labute approximate surface area is 110 Å². The number of aromatic nitrogens is 3. The molecule has 0 aliphatic rings. The zero-order valence-corrected chi connectivity index (χ0v) is 11.1. The van der Waals surface area contributed by atoms with E-state index in [-0.39, 0.29) is 17.6 Å². The smallest absolute Gasteiger partial charge is 0.230 e. The Kier molecular flexibility index (Phi) is 7.04. The normalized spacial score (nSPS) is 10.3. The summed E-state index contributed by atoms with van der Waals surface area (Å²) < 4.78 is 5.16. The molecule has 0 aliphatic heterocycles. The van der Waals surface area contributed by atoms with Gasteiger partial charge < -0.3 is 15.8 Å². The number of nitrogen functional groups attached to an aromatic ring is 1.